The second kappa shape index (κ2) is 2.78. The zero-order chi connectivity index (χ0) is 9.35. The Balaban J connectivity index is 3.30. The number of rotatable bonds is 2. The van der Waals surface area contributed by atoms with Crippen molar-refractivity contribution in [3.63, 3.8) is 0 Å². The summed E-state index contributed by atoms with van der Waals surface area (Å²) < 4.78 is 23.5. The highest BCUT2D eigenvalue weighted by atomic mass is 32.2. The normalized spacial score (nSPS) is 11.8. The van der Waals surface area contributed by atoms with Gasteiger partial charge in [0.25, 0.3) is 0 Å². The van der Waals surface area contributed by atoms with E-state index < -0.39 is 9.84 Å². The molecule has 5 nitrogen and oxygen atoms in total. The average molecular weight is 189 g/mol. The Morgan fingerprint density at radius 2 is 2.25 bits per heavy atom. The minimum atomic E-state index is -3.23. The van der Waals surface area contributed by atoms with Gasteiger partial charge in [-0.3, -0.25) is 0 Å². The number of hydrogen-bond donors (Lipinski definition) is 1. The van der Waals surface area contributed by atoms with Gasteiger partial charge < -0.3 is 5.73 Å². The van der Waals surface area contributed by atoms with Crippen molar-refractivity contribution >= 4 is 15.7 Å². The molecule has 0 aliphatic carbocycles. The zero-order valence-corrected chi connectivity index (χ0v) is 7.80. The van der Waals surface area contributed by atoms with Crippen molar-refractivity contribution in [1.82, 2.24) is 9.78 Å². The monoisotopic (exact) mass is 189 g/mol. The molecule has 1 aromatic rings. The van der Waals surface area contributed by atoms with Gasteiger partial charge in [0.15, 0.2) is 9.84 Å². The van der Waals surface area contributed by atoms with E-state index in [1.165, 1.54) is 10.9 Å². The van der Waals surface area contributed by atoms with Crippen LogP contribution in [0.25, 0.3) is 0 Å². The molecule has 0 radical (unpaired) electrons. The fourth-order valence-electron chi connectivity index (χ4n) is 0.915. The van der Waals surface area contributed by atoms with Gasteiger partial charge in [-0.25, -0.2) is 13.1 Å². The van der Waals surface area contributed by atoms with E-state index in [-0.39, 0.29) is 10.7 Å². The molecule has 0 saturated carbocycles. The van der Waals surface area contributed by atoms with Crippen molar-refractivity contribution in [2.75, 3.05) is 12.0 Å². The fourth-order valence-corrected chi connectivity index (χ4v) is 1.64. The van der Waals surface area contributed by atoms with E-state index >= 15 is 0 Å². The van der Waals surface area contributed by atoms with Gasteiger partial charge in [-0.15, -0.1) is 0 Å². The summed E-state index contributed by atoms with van der Waals surface area (Å²) in [5.41, 5.74) is 5.52. The van der Waals surface area contributed by atoms with Gasteiger partial charge in [0.05, 0.1) is 6.20 Å². The van der Waals surface area contributed by atoms with E-state index in [4.69, 9.17) is 5.73 Å². The number of hydrogen-bond acceptors (Lipinski definition) is 4. The minimum Gasteiger partial charge on any atom is -0.383 e. The lowest BCUT2D eigenvalue weighted by atomic mass is 10.6. The molecule has 2 N–H and O–H groups in total. The molecule has 6 heteroatoms. The van der Waals surface area contributed by atoms with Crippen LogP contribution in [0.5, 0.6) is 0 Å². The molecular weight excluding hydrogens is 178 g/mol. The Bertz CT molecular complexity index is 379. The molecule has 1 heterocycles. The number of anilines is 1. The van der Waals surface area contributed by atoms with Crippen LogP contribution in [0.4, 0.5) is 5.82 Å². The van der Waals surface area contributed by atoms with Crippen LogP contribution in [0.2, 0.25) is 0 Å². The van der Waals surface area contributed by atoms with E-state index in [0.29, 0.717) is 6.54 Å². The van der Waals surface area contributed by atoms with E-state index in [1.54, 1.807) is 0 Å². The molecule has 0 aromatic carbocycles. The SMILES string of the molecule is CCn1ncc(S(C)(=O)=O)c1N. The molecule has 0 unspecified atom stereocenters. The zero-order valence-electron chi connectivity index (χ0n) is 6.98. The van der Waals surface area contributed by atoms with Crippen LogP contribution in [-0.4, -0.2) is 24.5 Å². The first-order chi connectivity index (χ1) is 5.46. The summed E-state index contributed by atoms with van der Waals surface area (Å²) in [6.07, 6.45) is 2.38. The van der Waals surface area contributed by atoms with Gasteiger partial charge >= 0.3 is 0 Å². The second-order valence-corrected chi connectivity index (χ2v) is 4.47. The third-order valence-electron chi connectivity index (χ3n) is 1.54. The lowest BCUT2D eigenvalue weighted by Crippen LogP contribution is -2.05. The summed E-state index contributed by atoms with van der Waals surface area (Å²) in [5, 5.41) is 3.81. The Kier molecular flexibility index (Phi) is 2.10. The number of nitrogen functional groups attached to an aromatic ring is 1. The molecule has 0 spiro atoms. The topological polar surface area (TPSA) is 78.0 Å². The molecule has 1 aromatic heterocycles. The fraction of sp³-hybridized carbons (Fsp3) is 0.500. The van der Waals surface area contributed by atoms with Gasteiger partial charge in [-0.2, -0.15) is 5.10 Å². The van der Waals surface area contributed by atoms with Crippen LogP contribution >= 0.6 is 0 Å². The molecule has 12 heavy (non-hydrogen) atoms. The van der Waals surface area contributed by atoms with E-state index in [2.05, 4.69) is 5.10 Å². The van der Waals surface area contributed by atoms with E-state index in [1.807, 2.05) is 6.92 Å². The van der Waals surface area contributed by atoms with Crippen LogP contribution < -0.4 is 5.73 Å². The van der Waals surface area contributed by atoms with Crippen LogP contribution in [0.15, 0.2) is 11.1 Å². The summed E-state index contributed by atoms with van der Waals surface area (Å²) >= 11 is 0. The molecule has 1 rings (SSSR count). The molecule has 68 valence electrons. The first kappa shape index (κ1) is 9.05. The van der Waals surface area contributed by atoms with Crippen molar-refractivity contribution < 1.29 is 8.42 Å². The van der Waals surface area contributed by atoms with Crippen molar-refractivity contribution in [2.45, 2.75) is 18.4 Å². The van der Waals surface area contributed by atoms with Crippen LogP contribution in [0.1, 0.15) is 6.92 Å². The molecule has 0 atom stereocenters. The Labute approximate surface area is 71.1 Å². The quantitative estimate of drug-likeness (QED) is 0.704. The van der Waals surface area contributed by atoms with Crippen molar-refractivity contribution in [1.29, 1.82) is 0 Å². The summed E-state index contributed by atoms with van der Waals surface area (Å²) in [7, 11) is -3.23. The highest BCUT2D eigenvalue weighted by molar-refractivity contribution is 7.90. The van der Waals surface area contributed by atoms with Crippen molar-refractivity contribution in [2.24, 2.45) is 0 Å². The first-order valence-corrected chi connectivity index (χ1v) is 5.37. The van der Waals surface area contributed by atoms with Crippen LogP contribution in [0.3, 0.4) is 0 Å². The molecule has 0 saturated heterocycles. The highest BCUT2D eigenvalue weighted by Crippen LogP contribution is 2.16. The molecule has 0 bridgehead atoms. The summed E-state index contributed by atoms with van der Waals surface area (Å²) in [5.74, 6) is 0.208. The third-order valence-corrected chi connectivity index (χ3v) is 2.66. The predicted octanol–water partition coefficient (Wildman–Crippen LogP) is -0.111. The van der Waals surface area contributed by atoms with Gasteiger partial charge in [0.2, 0.25) is 0 Å². The van der Waals surface area contributed by atoms with Crippen LogP contribution in [0, 0.1) is 0 Å². The Morgan fingerprint density at radius 1 is 1.67 bits per heavy atom. The number of nitrogens with zero attached hydrogens (tertiary/aromatic N) is 2. The lowest BCUT2D eigenvalue weighted by Gasteiger charge is -1.99. The second-order valence-electron chi connectivity index (χ2n) is 2.48. The minimum absolute atomic E-state index is 0.101. The molecule has 0 amide bonds. The summed E-state index contributed by atoms with van der Waals surface area (Å²) in [4.78, 5) is 0.101. The standard InChI is InChI=1S/C6H11N3O2S/c1-3-9-6(7)5(4-8-9)12(2,10)11/h4H,3,7H2,1-2H3. The molecule has 0 fully saturated rings. The first-order valence-electron chi connectivity index (χ1n) is 3.48. The Morgan fingerprint density at radius 3 is 2.50 bits per heavy atom. The summed E-state index contributed by atoms with van der Waals surface area (Å²) in [6, 6.07) is 0. The number of nitrogens with two attached hydrogens (primary N) is 1. The maximum absolute atomic E-state index is 11.0. The molecule has 0 aliphatic rings. The van der Waals surface area contributed by atoms with E-state index in [0.717, 1.165) is 6.26 Å². The van der Waals surface area contributed by atoms with Crippen molar-refractivity contribution in [3.8, 4) is 0 Å². The average Bonchev–Trinajstić information content (AvgIpc) is 2.29. The molecule has 0 aliphatic heterocycles. The predicted molar refractivity (Wildman–Crippen MR) is 45.4 cm³/mol. The van der Waals surface area contributed by atoms with Gasteiger partial charge in [0.1, 0.15) is 10.7 Å². The maximum Gasteiger partial charge on any atom is 0.180 e. The van der Waals surface area contributed by atoms with Gasteiger partial charge in [0, 0.05) is 12.8 Å². The van der Waals surface area contributed by atoms with Crippen molar-refractivity contribution in [3.05, 3.63) is 6.20 Å². The van der Waals surface area contributed by atoms with Crippen LogP contribution in [-0.2, 0) is 16.4 Å². The number of aromatic nitrogens is 2. The Hall–Kier alpha value is -1.04. The van der Waals surface area contributed by atoms with Gasteiger partial charge in [-0.05, 0) is 6.92 Å². The number of aryl methyl sites for hydroxylation is 1. The van der Waals surface area contributed by atoms with Gasteiger partial charge in [-0.1, -0.05) is 0 Å². The summed E-state index contributed by atoms with van der Waals surface area (Å²) in [6.45, 7) is 2.41. The highest BCUT2D eigenvalue weighted by Gasteiger charge is 2.15. The van der Waals surface area contributed by atoms with E-state index in [9.17, 15) is 8.42 Å². The lowest BCUT2D eigenvalue weighted by molar-refractivity contribution is 0.602. The largest absolute Gasteiger partial charge is 0.383 e. The third kappa shape index (κ3) is 1.42. The molecular formula is C6H11N3O2S. The smallest absolute Gasteiger partial charge is 0.180 e. The number of sulfone groups is 1. The maximum atomic E-state index is 11.0.